The third kappa shape index (κ3) is 4.20. The molecule has 2 aliphatic rings. The summed E-state index contributed by atoms with van der Waals surface area (Å²) in [5.41, 5.74) is 15.9. The van der Waals surface area contributed by atoms with Gasteiger partial charge in [0.1, 0.15) is 22.4 Å². The summed E-state index contributed by atoms with van der Waals surface area (Å²) in [6, 6.07) is 47.6. The van der Waals surface area contributed by atoms with Crippen molar-refractivity contribution in [3.8, 4) is 16.8 Å². The van der Waals surface area contributed by atoms with Crippen molar-refractivity contribution in [1.82, 2.24) is 4.57 Å². The summed E-state index contributed by atoms with van der Waals surface area (Å²) in [5, 5.41) is 8.47. The Morgan fingerprint density at radius 3 is 2.07 bits per heavy atom. The Labute approximate surface area is 340 Å². The Morgan fingerprint density at radius 2 is 1.26 bits per heavy atom. The van der Waals surface area contributed by atoms with E-state index in [4.69, 9.17) is 8.83 Å². The Kier molecular flexibility index (Phi) is 6.12. The smallest absolute Gasteiger partial charge is 0.375 e. The van der Waals surface area contributed by atoms with E-state index in [0.717, 1.165) is 55.5 Å². The molecule has 0 atom stereocenters. The first-order valence-electron chi connectivity index (χ1n) is 20.4. The molecule has 4 nitrogen and oxygen atoms in total. The molecule has 0 saturated heterocycles. The lowest BCUT2D eigenvalue weighted by molar-refractivity contribution is 0.590. The average molecular weight is 767 g/mol. The number of nitrogens with zero attached hydrogens (tertiary/aromatic N) is 2. The maximum atomic E-state index is 7.30. The first-order valence-corrected chi connectivity index (χ1v) is 21.2. The van der Waals surface area contributed by atoms with Gasteiger partial charge in [0, 0.05) is 70.1 Å². The summed E-state index contributed by atoms with van der Waals surface area (Å²) in [4.78, 5) is 2.59. The number of fused-ring (bicyclic) bond motifs is 16. The van der Waals surface area contributed by atoms with Gasteiger partial charge in [-0.1, -0.05) is 108 Å². The fourth-order valence-corrected chi connectivity index (χ4v) is 11.3. The molecule has 6 heteroatoms. The van der Waals surface area contributed by atoms with Gasteiger partial charge in [0.25, 0.3) is 0 Å². The number of hydrogen-bond acceptors (Lipinski definition) is 4. The number of thiophene rings is 1. The molecule has 13 rings (SSSR count). The number of benzene rings is 7. The van der Waals surface area contributed by atoms with Crippen LogP contribution in [-0.4, -0.2) is 11.4 Å². The van der Waals surface area contributed by atoms with E-state index in [1.165, 1.54) is 69.9 Å². The Bertz CT molecular complexity index is 3600. The van der Waals surface area contributed by atoms with E-state index in [1.807, 2.05) is 17.4 Å². The Balaban J connectivity index is 1.21. The number of furan rings is 2. The minimum atomic E-state index is -0.213. The van der Waals surface area contributed by atoms with Crippen LogP contribution in [0.1, 0.15) is 52.7 Å². The van der Waals surface area contributed by atoms with Crippen molar-refractivity contribution in [2.24, 2.45) is 0 Å². The van der Waals surface area contributed by atoms with Gasteiger partial charge < -0.3 is 18.2 Å². The highest BCUT2D eigenvalue weighted by Gasteiger charge is 2.47. The summed E-state index contributed by atoms with van der Waals surface area (Å²) in [6.07, 6.45) is 0. The quantitative estimate of drug-likeness (QED) is 0.156. The van der Waals surface area contributed by atoms with Gasteiger partial charge in [0.15, 0.2) is 0 Å². The third-order valence-corrected chi connectivity index (χ3v) is 14.2. The molecule has 0 bridgehead atoms. The van der Waals surface area contributed by atoms with Crippen molar-refractivity contribution in [2.75, 3.05) is 4.81 Å². The van der Waals surface area contributed by atoms with Crippen LogP contribution in [0.15, 0.2) is 136 Å². The van der Waals surface area contributed by atoms with Crippen LogP contribution in [0, 0.1) is 0 Å². The zero-order valence-electron chi connectivity index (χ0n) is 33.3. The standard InChI is InChI=1S/C52H39BN2O2S/c1-51(2,3)28-15-18-30(19-16-28)55-41-25-38-32-12-8-10-14-45(32)58-46(38)26-36(41)33-20-21-34-35-24-37-31-11-7-9-13-42(31)56-44(37)27-40(35)54-48(34)47(33)53(55)50-49(54)39-23-29(52(4,5)6)17-22-43(39)57-50/h7-27H,1-6H3. The van der Waals surface area contributed by atoms with Crippen LogP contribution in [-0.2, 0) is 10.8 Å². The van der Waals surface area contributed by atoms with Gasteiger partial charge in [0.05, 0.1) is 16.7 Å². The van der Waals surface area contributed by atoms with Crippen molar-refractivity contribution < 1.29 is 8.83 Å². The SMILES string of the molecule is CC(C)(C)c1ccc(N2B3c4oc5ccc(C(C)(C)C)cc5c4-n4c5cc6oc7ccccc7c6cc5c5ccc(c3c54)-c3cc4sc5ccccc5c4cc32)cc1. The second-order valence-corrected chi connectivity index (χ2v) is 19.6. The molecule has 0 amide bonds. The fourth-order valence-electron chi connectivity index (χ4n) is 10.2. The normalized spacial score (nSPS) is 14.0. The first-order chi connectivity index (χ1) is 28.0. The highest BCUT2D eigenvalue weighted by Crippen LogP contribution is 2.50. The summed E-state index contributed by atoms with van der Waals surface area (Å²) in [7, 11) is 0. The van der Waals surface area contributed by atoms with Gasteiger partial charge in [-0.2, -0.15) is 0 Å². The molecule has 0 spiro atoms. The molecule has 0 radical (unpaired) electrons. The van der Waals surface area contributed by atoms with Crippen LogP contribution in [0.2, 0.25) is 0 Å². The lowest BCUT2D eigenvalue weighted by Gasteiger charge is -2.40. The molecule has 11 aromatic rings. The van der Waals surface area contributed by atoms with E-state index in [-0.39, 0.29) is 17.7 Å². The highest BCUT2D eigenvalue weighted by atomic mass is 32.1. The minimum absolute atomic E-state index is 0.0335. The Morgan fingerprint density at radius 1 is 0.517 bits per heavy atom. The number of rotatable bonds is 1. The summed E-state index contributed by atoms with van der Waals surface area (Å²) in [5.74, 6) is 0. The van der Waals surface area contributed by atoms with Crippen molar-refractivity contribution in [3.63, 3.8) is 0 Å². The summed E-state index contributed by atoms with van der Waals surface area (Å²) >= 11 is 1.88. The van der Waals surface area contributed by atoms with Crippen LogP contribution in [0.3, 0.4) is 0 Å². The second-order valence-electron chi connectivity index (χ2n) is 18.5. The highest BCUT2D eigenvalue weighted by molar-refractivity contribution is 7.25. The molecule has 0 unspecified atom stereocenters. The zero-order valence-corrected chi connectivity index (χ0v) is 34.1. The maximum Gasteiger partial charge on any atom is 0.375 e. The van der Waals surface area contributed by atoms with E-state index < -0.39 is 0 Å². The van der Waals surface area contributed by atoms with Gasteiger partial charge in [0.2, 0.25) is 0 Å². The van der Waals surface area contributed by atoms with Crippen LogP contribution in [0.5, 0.6) is 0 Å². The number of para-hydroxylation sites is 1. The van der Waals surface area contributed by atoms with Gasteiger partial charge in [-0.3, -0.25) is 0 Å². The largest absolute Gasteiger partial charge is 0.466 e. The molecule has 0 N–H and O–H groups in total. The average Bonchev–Trinajstić information content (AvgIpc) is 3.96. The van der Waals surface area contributed by atoms with E-state index in [0.29, 0.717) is 0 Å². The van der Waals surface area contributed by atoms with Crippen molar-refractivity contribution in [1.29, 1.82) is 0 Å². The molecule has 0 aliphatic carbocycles. The topological polar surface area (TPSA) is 34.5 Å². The van der Waals surface area contributed by atoms with Gasteiger partial charge in [-0.05, 0) is 87.6 Å². The predicted octanol–water partition coefficient (Wildman–Crippen LogP) is 13.6. The molecule has 278 valence electrons. The van der Waals surface area contributed by atoms with Gasteiger partial charge >= 0.3 is 6.85 Å². The third-order valence-electron chi connectivity index (χ3n) is 13.1. The molecule has 0 saturated carbocycles. The molecular weight excluding hydrogens is 727 g/mol. The lowest BCUT2D eigenvalue weighted by atomic mass is 9.46. The van der Waals surface area contributed by atoms with Crippen molar-refractivity contribution in [3.05, 3.63) is 139 Å². The Hall–Kier alpha value is -6.24. The molecule has 58 heavy (non-hydrogen) atoms. The monoisotopic (exact) mass is 766 g/mol. The number of hydrogen-bond donors (Lipinski definition) is 0. The predicted molar refractivity (Wildman–Crippen MR) is 247 cm³/mol. The summed E-state index contributed by atoms with van der Waals surface area (Å²) in [6.45, 7) is 13.5. The molecular formula is C52H39BN2O2S. The second kappa shape index (κ2) is 10.8. The molecule has 2 aliphatic heterocycles. The molecule has 6 heterocycles. The minimum Gasteiger partial charge on any atom is -0.466 e. The van der Waals surface area contributed by atoms with Crippen LogP contribution < -0.4 is 15.9 Å². The van der Waals surface area contributed by atoms with E-state index in [1.54, 1.807) is 0 Å². The van der Waals surface area contributed by atoms with Crippen LogP contribution in [0.4, 0.5) is 11.4 Å². The van der Waals surface area contributed by atoms with E-state index >= 15 is 0 Å². The summed E-state index contributed by atoms with van der Waals surface area (Å²) < 4.78 is 19.0. The van der Waals surface area contributed by atoms with Crippen molar-refractivity contribution in [2.45, 2.75) is 52.4 Å². The van der Waals surface area contributed by atoms with E-state index in [9.17, 15) is 0 Å². The number of anilines is 2. The number of aromatic nitrogens is 1. The van der Waals surface area contributed by atoms with Gasteiger partial charge in [-0.25, -0.2) is 0 Å². The van der Waals surface area contributed by atoms with Crippen LogP contribution in [0.25, 0.3) is 91.7 Å². The molecule has 4 aromatic heterocycles. The molecule has 0 fully saturated rings. The lowest BCUT2D eigenvalue weighted by Crippen LogP contribution is -2.60. The first kappa shape index (κ1) is 32.8. The molecule has 7 aromatic carbocycles. The van der Waals surface area contributed by atoms with E-state index in [2.05, 4.69) is 172 Å². The zero-order chi connectivity index (χ0) is 39.0. The van der Waals surface area contributed by atoms with Gasteiger partial charge in [-0.15, -0.1) is 11.3 Å². The van der Waals surface area contributed by atoms with Crippen LogP contribution >= 0.6 is 11.3 Å². The fraction of sp³-hybridized carbons (Fsp3) is 0.154. The maximum absolute atomic E-state index is 7.30. The van der Waals surface area contributed by atoms with Crippen molar-refractivity contribution >= 4 is 116 Å².